The lowest BCUT2D eigenvalue weighted by Crippen LogP contribution is -2.27. The fourth-order valence-electron chi connectivity index (χ4n) is 2.02. The van der Waals surface area contributed by atoms with Crippen LogP contribution in [0, 0.1) is 12.8 Å². The molecule has 1 aromatic rings. The van der Waals surface area contributed by atoms with Gasteiger partial charge in [0.2, 0.25) is 5.91 Å². The molecule has 1 rings (SSSR count). The first kappa shape index (κ1) is 16.2. The monoisotopic (exact) mass is 277 g/mol. The summed E-state index contributed by atoms with van der Waals surface area (Å²) in [5.74, 6) is -0.435. The number of nitrogens with one attached hydrogen (secondary N) is 1. The van der Waals surface area contributed by atoms with E-state index in [1.165, 1.54) is 0 Å². The number of carboxylic acids is 1. The zero-order chi connectivity index (χ0) is 15.0. The van der Waals surface area contributed by atoms with E-state index in [2.05, 4.69) is 5.32 Å². The number of amides is 1. The molecule has 0 bridgehead atoms. The third-order valence-electron chi connectivity index (χ3n) is 3.42. The van der Waals surface area contributed by atoms with Crippen molar-refractivity contribution in [3.8, 4) is 0 Å². The van der Waals surface area contributed by atoms with E-state index in [-0.39, 0.29) is 12.3 Å². The standard InChI is InChI=1S/C16H23NO3/c1-12(7-8-16(19)20)9-10-17-15(18)11-14-6-4-3-5-13(14)2/h3-6,12H,7-11H2,1-2H3,(H,17,18)(H,19,20). The molecule has 1 atom stereocenters. The Morgan fingerprint density at radius 1 is 1.25 bits per heavy atom. The van der Waals surface area contributed by atoms with Crippen molar-refractivity contribution >= 4 is 11.9 Å². The highest BCUT2D eigenvalue weighted by molar-refractivity contribution is 5.78. The molecule has 1 aromatic carbocycles. The number of hydrogen-bond acceptors (Lipinski definition) is 2. The van der Waals surface area contributed by atoms with Crippen molar-refractivity contribution in [1.29, 1.82) is 0 Å². The number of rotatable bonds is 8. The summed E-state index contributed by atoms with van der Waals surface area (Å²) in [6.45, 7) is 4.61. The fraction of sp³-hybridized carbons (Fsp3) is 0.500. The van der Waals surface area contributed by atoms with E-state index in [9.17, 15) is 9.59 Å². The number of benzene rings is 1. The van der Waals surface area contributed by atoms with Gasteiger partial charge in [-0.3, -0.25) is 9.59 Å². The van der Waals surface area contributed by atoms with Crippen LogP contribution in [0.15, 0.2) is 24.3 Å². The van der Waals surface area contributed by atoms with E-state index >= 15 is 0 Å². The molecule has 0 spiro atoms. The Kier molecular flexibility index (Phi) is 6.77. The van der Waals surface area contributed by atoms with E-state index in [1.807, 2.05) is 38.1 Å². The van der Waals surface area contributed by atoms with Crippen LogP contribution in [0.2, 0.25) is 0 Å². The van der Waals surface area contributed by atoms with Crippen molar-refractivity contribution in [3.63, 3.8) is 0 Å². The van der Waals surface area contributed by atoms with Crippen molar-refractivity contribution < 1.29 is 14.7 Å². The zero-order valence-corrected chi connectivity index (χ0v) is 12.2. The molecule has 0 aromatic heterocycles. The lowest BCUT2D eigenvalue weighted by Gasteiger charge is -2.11. The van der Waals surface area contributed by atoms with Crippen molar-refractivity contribution in [2.45, 2.75) is 39.5 Å². The smallest absolute Gasteiger partial charge is 0.303 e. The van der Waals surface area contributed by atoms with Gasteiger partial charge in [0.1, 0.15) is 0 Å². The van der Waals surface area contributed by atoms with E-state index in [1.54, 1.807) is 0 Å². The molecule has 0 saturated heterocycles. The van der Waals surface area contributed by atoms with Crippen LogP contribution >= 0.6 is 0 Å². The highest BCUT2D eigenvalue weighted by Gasteiger charge is 2.08. The number of carbonyl (C=O) groups is 2. The van der Waals surface area contributed by atoms with Crippen LogP contribution in [-0.2, 0) is 16.0 Å². The number of aliphatic carboxylic acids is 1. The molecule has 0 saturated carbocycles. The van der Waals surface area contributed by atoms with Gasteiger partial charge in [0.05, 0.1) is 6.42 Å². The Labute approximate surface area is 120 Å². The van der Waals surface area contributed by atoms with Gasteiger partial charge in [0.15, 0.2) is 0 Å². The summed E-state index contributed by atoms with van der Waals surface area (Å²) in [4.78, 5) is 22.3. The van der Waals surface area contributed by atoms with Crippen molar-refractivity contribution in [1.82, 2.24) is 5.32 Å². The van der Waals surface area contributed by atoms with E-state index in [4.69, 9.17) is 5.11 Å². The predicted molar refractivity (Wildman–Crippen MR) is 78.5 cm³/mol. The molecule has 4 nitrogen and oxygen atoms in total. The quantitative estimate of drug-likeness (QED) is 0.767. The Morgan fingerprint density at radius 2 is 1.95 bits per heavy atom. The van der Waals surface area contributed by atoms with E-state index in [0.717, 1.165) is 17.5 Å². The first-order valence-corrected chi connectivity index (χ1v) is 7.02. The fourth-order valence-corrected chi connectivity index (χ4v) is 2.02. The van der Waals surface area contributed by atoms with E-state index < -0.39 is 5.97 Å². The summed E-state index contributed by atoms with van der Waals surface area (Å²) in [6, 6.07) is 7.85. The van der Waals surface area contributed by atoms with Crippen LogP contribution in [0.4, 0.5) is 0 Å². The Balaban J connectivity index is 2.24. The van der Waals surface area contributed by atoms with Crippen LogP contribution < -0.4 is 5.32 Å². The summed E-state index contributed by atoms with van der Waals surface area (Å²) >= 11 is 0. The number of hydrogen-bond donors (Lipinski definition) is 2. The number of aryl methyl sites for hydroxylation is 1. The van der Waals surface area contributed by atoms with Gasteiger partial charge in [-0.1, -0.05) is 31.2 Å². The largest absolute Gasteiger partial charge is 0.481 e. The Hall–Kier alpha value is -1.84. The van der Waals surface area contributed by atoms with Crippen molar-refractivity contribution in [3.05, 3.63) is 35.4 Å². The zero-order valence-electron chi connectivity index (χ0n) is 12.2. The first-order chi connectivity index (χ1) is 9.49. The summed E-state index contributed by atoms with van der Waals surface area (Å²) < 4.78 is 0. The minimum absolute atomic E-state index is 0.0183. The van der Waals surface area contributed by atoms with Crippen LogP contribution in [0.3, 0.4) is 0 Å². The highest BCUT2D eigenvalue weighted by Crippen LogP contribution is 2.10. The van der Waals surface area contributed by atoms with Gasteiger partial charge in [-0.2, -0.15) is 0 Å². The molecule has 0 aliphatic rings. The number of carboxylic acid groups (broad SMARTS) is 1. The Bertz CT molecular complexity index is 457. The second-order valence-electron chi connectivity index (χ2n) is 5.28. The molecule has 1 amide bonds. The number of carbonyl (C=O) groups excluding carboxylic acids is 1. The molecule has 1 unspecified atom stereocenters. The van der Waals surface area contributed by atoms with Gasteiger partial charge in [-0.15, -0.1) is 0 Å². The maximum absolute atomic E-state index is 11.8. The predicted octanol–water partition coefficient (Wildman–Crippen LogP) is 2.54. The van der Waals surface area contributed by atoms with Gasteiger partial charge in [-0.05, 0) is 36.8 Å². The van der Waals surface area contributed by atoms with Crippen LogP contribution in [0.5, 0.6) is 0 Å². The maximum atomic E-state index is 11.8. The molecule has 0 aliphatic carbocycles. The molecule has 2 N–H and O–H groups in total. The normalized spacial score (nSPS) is 11.9. The summed E-state index contributed by atoms with van der Waals surface area (Å²) in [7, 11) is 0. The molecular formula is C16H23NO3. The molecule has 0 radical (unpaired) electrons. The minimum atomic E-state index is -0.763. The minimum Gasteiger partial charge on any atom is -0.481 e. The van der Waals surface area contributed by atoms with Crippen molar-refractivity contribution in [2.75, 3.05) is 6.54 Å². The Morgan fingerprint density at radius 3 is 2.60 bits per heavy atom. The molecule has 4 heteroatoms. The third-order valence-corrected chi connectivity index (χ3v) is 3.42. The summed E-state index contributed by atoms with van der Waals surface area (Å²) in [5.41, 5.74) is 2.17. The summed E-state index contributed by atoms with van der Waals surface area (Å²) in [5, 5.41) is 11.5. The topological polar surface area (TPSA) is 66.4 Å². The van der Waals surface area contributed by atoms with Crippen molar-refractivity contribution in [2.24, 2.45) is 5.92 Å². The molecule has 0 aliphatic heterocycles. The highest BCUT2D eigenvalue weighted by atomic mass is 16.4. The van der Waals surface area contributed by atoms with Gasteiger partial charge in [0, 0.05) is 13.0 Å². The molecular weight excluding hydrogens is 254 g/mol. The third kappa shape index (κ3) is 6.36. The second kappa shape index (κ2) is 8.35. The van der Waals surface area contributed by atoms with Crippen LogP contribution in [0.25, 0.3) is 0 Å². The van der Waals surface area contributed by atoms with Gasteiger partial charge >= 0.3 is 5.97 Å². The lowest BCUT2D eigenvalue weighted by molar-refractivity contribution is -0.137. The molecule has 110 valence electrons. The first-order valence-electron chi connectivity index (χ1n) is 7.02. The second-order valence-corrected chi connectivity index (χ2v) is 5.28. The molecule has 0 fully saturated rings. The SMILES string of the molecule is Cc1ccccc1CC(=O)NCCC(C)CCC(=O)O. The van der Waals surface area contributed by atoms with Gasteiger partial charge < -0.3 is 10.4 Å². The summed E-state index contributed by atoms with van der Waals surface area (Å²) in [6.07, 6.45) is 2.06. The lowest BCUT2D eigenvalue weighted by atomic mass is 10.0. The average Bonchev–Trinajstić information content (AvgIpc) is 2.39. The van der Waals surface area contributed by atoms with Gasteiger partial charge in [0.25, 0.3) is 0 Å². The van der Waals surface area contributed by atoms with E-state index in [0.29, 0.717) is 25.3 Å². The average molecular weight is 277 g/mol. The molecule has 0 heterocycles. The van der Waals surface area contributed by atoms with Crippen LogP contribution in [-0.4, -0.2) is 23.5 Å². The molecule has 20 heavy (non-hydrogen) atoms. The maximum Gasteiger partial charge on any atom is 0.303 e. The van der Waals surface area contributed by atoms with Crippen LogP contribution in [0.1, 0.15) is 37.3 Å². The van der Waals surface area contributed by atoms with Gasteiger partial charge in [-0.25, -0.2) is 0 Å².